The van der Waals surface area contributed by atoms with E-state index in [0.29, 0.717) is 25.5 Å². The van der Waals surface area contributed by atoms with Crippen molar-refractivity contribution >= 4 is 17.8 Å². The Hall–Kier alpha value is -3.45. The maximum atomic E-state index is 13.1. The van der Waals surface area contributed by atoms with Gasteiger partial charge in [-0.15, -0.1) is 0 Å². The van der Waals surface area contributed by atoms with Crippen molar-refractivity contribution in [2.45, 2.75) is 39.2 Å². The van der Waals surface area contributed by atoms with Crippen LogP contribution in [-0.2, 0) is 14.3 Å². The molecule has 1 atom stereocenters. The van der Waals surface area contributed by atoms with Crippen LogP contribution in [0.25, 0.3) is 16.9 Å². The van der Waals surface area contributed by atoms with Crippen LogP contribution < -0.4 is 5.32 Å². The highest BCUT2D eigenvalue weighted by Gasteiger charge is 2.25. The summed E-state index contributed by atoms with van der Waals surface area (Å²) in [5.74, 6) is 0.325. The van der Waals surface area contributed by atoms with Crippen molar-refractivity contribution in [2.75, 3.05) is 25.0 Å². The van der Waals surface area contributed by atoms with Gasteiger partial charge in [-0.2, -0.15) is 0 Å². The number of rotatable bonds is 9. The summed E-state index contributed by atoms with van der Waals surface area (Å²) in [4.78, 5) is 32.3. The first-order chi connectivity index (χ1) is 16.5. The normalized spacial score (nSPS) is 15.4. The van der Waals surface area contributed by atoms with Crippen molar-refractivity contribution < 1.29 is 14.3 Å². The summed E-state index contributed by atoms with van der Waals surface area (Å²) in [6, 6.07) is 19.6. The number of imidazole rings is 1. The first kappa shape index (κ1) is 23.7. The molecule has 0 bridgehead atoms. The summed E-state index contributed by atoms with van der Waals surface area (Å²) in [6.45, 7) is 5.11. The maximum Gasteiger partial charge on any atom is 0.246 e. The Morgan fingerprint density at radius 1 is 1.12 bits per heavy atom. The summed E-state index contributed by atoms with van der Waals surface area (Å²) in [5, 5.41) is 2.94. The van der Waals surface area contributed by atoms with Gasteiger partial charge in [-0.05, 0) is 30.9 Å². The van der Waals surface area contributed by atoms with Crippen molar-refractivity contribution in [3.05, 3.63) is 66.9 Å². The average Bonchev–Trinajstić information content (AvgIpc) is 3.49. The summed E-state index contributed by atoms with van der Waals surface area (Å²) >= 11 is 0. The van der Waals surface area contributed by atoms with Crippen molar-refractivity contribution in [3.8, 4) is 16.9 Å². The van der Waals surface area contributed by atoms with Crippen molar-refractivity contribution in [2.24, 2.45) is 5.92 Å². The molecule has 2 heterocycles. The molecule has 0 aliphatic carbocycles. The largest absolute Gasteiger partial charge is 0.376 e. The topological polar surface area (TPSA) is 76.5 Å². The van der Waals surface area contributed by atoms with Gasteiger partial charge in [0.2, 0.25) is 17.8 Å². The molecule has 3 aromatic rings. The van der Waals surface area contributed by atoms with Crippen molar-refractivity contribution in [3.63, 3.8) is 0 Å². The molecular weight excluding hydrogens is 428 g/mol. The van der Waals surface area contributed by atoms with Crippen LogP contribution in [0, 0.1) is 5.92 Å². The van der Waals surface area contributed by atoms with E-state index in [4.69, 9.17) is 9.72 Å². The zero-order valence-corrected chi connectivity index (χ0v) is 19.8. The van der Waals surface area contributed by atoms with Crippen LogP contribution in [0.4, 0.5) is 5.95 Å². The summed E-state index contributed by atoms with van der Waals surface area (Å²) < 4.78 is 7.59. The van der Waals surface area contributed by atoms with Crippen LogP contribution in [0.1, 0.15) is 33.1 Å². The predicted octanol–water partition coefficient (Wildman–Crippen LogP) is 4.53. The molecule has 0 spiro atoms. The lowest BCUT2D eigenvalue weighted by Gasteiger charge is -2.25. The number of benzene rings is 2. The molecule has 1 fully saturated rings. The SMILES string of the molecule is CC(C)CC(=O)N(CC(=O)Nc1nc(-c2ccccc2)cn1-c1ccccc1)C[C@H]1CCCO1. The van der Waals surface area contributed by atoms with E-state index in [9.17, 15) is 9.59 Å². The molecule has 0 unspecified atom stereocenters. The number of aromatic nitrogens is 2. The Labute approximate surface area is 200 Å². The van der Waals surface area contributed by atoms with E-state index in [0.717, 1.165) is 29.8 Å². The Morgan fingerprint density at radius 2 is 1.82 bits per heavy atom. The average molecular weight is 461 g/mol. The number of amides is 2. The molecule has 0 radical (unpaired) electrons. The van der Waals surface area contributed by atoms with Gasteiger partial charge in [-0.3, -0.25) is 19.5 Å². The van der Waals surface area contributed by atoms with Gasteiger partial charge in [0, 0.05) is 37.0 Å². The molecular formula is C27H32N4O3. The van der Waals surface area contributed by atoms with Gasteiger partial charge in [-0.25, -0.2) is 4.98 Å². The Morgan fingerprint density at radius 3 is 2.47 bits per heavy atom. The van der Waals surface area contributed by atoms with E-state index in [2.05, 4.69) is 5.32 Å². The first-order valence-electron chi connectivity index (χ1n) is 11.9. The van der Waals surface area contributed by atoms with Gasteiger partial charge in [0.1, 0.15) is 6.54 Å². The lowest BCUT2D eigenvalue weighted by atomic mass is 10.1. The third kappa shape index (κ3) is 6.11. The highest BCUT2D eigenvalue weighted by atomic mass is 16.5. The lowest BCUT2D eigenvalue weighted by molar-refractivity contribution is -0.136. The minimum absolute atomic E-state index is 0.0140. The smallest absolute Gasteiger partial charge is 0.246 e. The van der Waals surface area contributed by atoms with Gasteiger partial charge in [0.05, 0.1) is 11.8 Å². The van der Waals surface area contributed by atoms with E-state index in [1.807, 2.05) is 85.3 Å². The number of carbonyl (C=O) groups is 2. The number of anilines is 1. The molecule has 2 amide bonds. The van der Waals surface area contributed by atoms with Crippen LogP contribution in [-0.4, -0.2) is 52.1 Å². The molecule has 4 rings (SSSR count). The molecule has 1 saturated heterocycles. The van der Waals surface area contributed by atoms with Gasteiger partial charge >= 0.3 is 0 Å². The molecule has 1 aliphatic heterocycles. The molecule has 2 aromatic carbocycles. The highest BCUT2D eigenvalue weighted by molar-refractivity contribution is 5.94. The van der Waals surface area contributed by atoms with Crippen LogP contribution >= 0.6 is 0 Å². The number of para-hydroxylation sites is 1. The van der Waals surface area contributed by atoms with Gasteiger partial charge in [-0.1, -0.05) is 62.4 Å². The number of carbonyl (C=O) groups excluding carboxylic acids is 2. The fraction of sp³-hybridized carbons (Fsp3) is 0.370. The summed E-state index contributed by atoms with van der Waals surface area (Å²) in [5.41, 5.74) is 2.60. The van der Waals surface area contributed by atoms with Gasteiger partial charge in [0.15, 0.2) is 0 Å². The molecule has 7 nitrogen and oxygen atoms in total. The van der Waals surface area contributed by atoms with E-state index in [-0.39, 0.29) is 30.4 Å². The zero-order chi connectivity index (χ0) is 23.9. The Kier molecular flexibility index (Phi) is 7.75. The monoisotopic (exact) mass is 460 g/mol. The number of nitrogens with zero attached hydrogens (tertiary/aromatic N) is 3. The third-order valence-corrected chi connectivity index (χ3v) is 5.78. The lowest BCUT2D eigenvalue weighted by Crippen LogP contribution is -2.42. The van der Waals surface area contributed by atoms with E-state index in [1.54, 1.807) is 4.90 Å². The van der Waals surface area contributed by atoms with E-state index in [1.165, 1.54) is 0 Å². The van der Waals surface area contributed by atoms with E-state index >= 15 is 0 Å². The quantitative estimate of drug-likeness (QED) is 0.509. The number of nitrogens with one attached hydrogen (secondary N) is 1. The van der Waals surface area contributed by atoms with Crippen LogP contribution in [0.3, 0.4) is 0 Å². The molecule has 7 heteroatoms. The minimum atomic E-state index is -0.280. The van der Waals surface area contributed by atoms with Gasteiger partial charge in [0.25, 0.3) is 0 Å². The Balaban J connectivity index is 1.55. The summed E-state index contributed by atoms with van der Waals surface area (Å²) in [7, 11) is 0. The van der Waals surface area contributed by atoms with E-state index < -0.39 is 0 Å². The molecule has 178 valence electrons. The molecule has 0 saturated carbocycles. The van der Waals surface area contributed by atoms with Crippen molar-refractivity contribution in [1.82, 2.24) is 14.5 Å². The zero-order valence-electron chi connectivity index (χ0n) is 19.8. The number of ether oxygens (including phenoxy) is 1. The second kappa shape index (κ2) is 11.1. The predicted molar refractivity (Wildman–Crippen MR) is 133 cm³/mol. The van der Waals surface area contributed by atoms with Gasteiger partial charge < -0.3 is 9.64 Å². The molecule has 34 heavy (non-hydrogen) atoms. The molecule has 1 N–H and O–H groups in total. The van der Waals surface area contributed by atoms with Crippen LogP contribution in [0.2, 0.25) is 0 Å². The standard InChI is InChI=1S/C27H32N4O3/c1-20(2)16-26(33)30(17-23-14-9-15-34-23)19-25(32)29-27-28-24(21-10-5-3-6-11-21)18-31(27)22-12-7-4-8-13-22/h3-8,10-13,18,20,23H,9,14-17,19H2,1-2H3,(H,28,29,32)/t23-/m1/s1. The summed E-state index contributed by atoms with van der Waals surface area (Å²) in [6.07, 6.45) is 4.19. The Bertz CT molecular complexity index is 1090. The number of hydrogen-bond acceptors (Lipinski definition) is 4. The fourth-order valence-electron chi connectivity index (χ4n) is 4.11. The molecule has 1 aliphatic rings. The second-order valence-corrected chi connectivity index (χ2v) is 9.08. The second-order valence-electron chi connectivity index (χ2n) is 9.08. The maximum absolute atomic E-state index is 13.1. The van der Waals surface area contributed by atoms with Crippen molar-refractivity contribution in [1.29, 1.82) is 0 Å². The van der Waals surface area contributed by atoms with Crippen LogP contribution in [0.5, 0.6) is 0 Å². The van der Waals surface area contributed by atoms with Crippen LogP contribution in [0.15, 0.2) is 66.9 Å². The highest BCUT2D eigenvalue weighted by Crippen LogP contribution is 2.24. The minimum Gasteiger partial charge on any atom is -0.376 e. The first-order valence-corrected chi connectivity index (χ1v) is 11.9. The molecule has 1 aromatic heterocycles. The third-order valence-electron chi connectivity index (χ3n) is 5.78. The fourth-order valence-corrected chi connectivity index (χ4v) is 4.11. The number of hydrogen-bond donors (Lipinski definition) is 1.